The summed E-state index contributed by atoms with van der Waals surface area (Å²) in [6.07, 6.45) is 3.91. The van der Waals surface area contributed by atoms with Gasteiger partial charge in [0.1, 0.15) is 13.1 Å². The molecule has 0 bridgehead atoms. The molecule has 0 aliphatic heterocycles. The zero-order chi connectivity index (χ0) is 13.7. The fourth-order valence-electron chi connectivity index (χ4n) is 0. The lowest BCUT2D eigenvalue weighted by Gasteiger charge is -2.03. The van der Waals surface area contributed by atoms with E-state index >= 15 is 0 Å². The molecule has 132 valence electrons. The minimum Gasteiger partial charge on any atom is -0.870 e. The summed E-state index contributed by atoms with van der Waals surface area (Å²) in [5.74, 6) is 0. The van der Waals surface area contributed by atoms with Gasteiger partial charge in [-0.25, -0.2) is 6.22 Å². The van der Waals surface area contributed by atoms with Crippen LogP contribution >= 0.6 is 47.6 Å². The molecule has 0 aromatic heterocycles. The van der Waals surface area contributed by atoms with Crippen molar-refractivity contribution in [2.75, 3.05) is 20.0 Å². The fraction of sp³-hybridized carbons (Fsp3) is 1.00. The van der Waals surface area contributed by atoms with Gasteiger partial charge in [0.25, 0.3) is 44.1 Å². The number of halogens is 4. The van der Waals surface area contributed by atoms with E-state index in [9.17, 15) is 0 Å². The van der Waals surface area contributed by atoms with Crippen LogP contribution in [0.4, 0.5) is 0 Å². The molecule has 2 atom stereocenters. The lowest BCUT2D eigenvalue weighted by Crippen LogP contribution is -3.26. The van der Waals surface area contributed by atoms with E-state index in [2.05, 4.69) is 71.0 Å². The van der Waals surface area contributed by atoms with Crippen molar-refractivity contribution in [1.29, 1.82) is 0 Å². The van der Waals surface area contributed by atoms with Crippen LogP contribution in [0.3, 0.4) is 0 Å². The Balaban J connectivity index is -0.00000000905. The smallest absolute Gasteiger partial charge is 0.267 e. The van der Waals surface area contributed by atoms with Crippen LogP contribution in [0.25, 0.3) is 0 Å². The summed E-state index contributed by atoms with van der Waals surface area (Å²) in [4.78, 5) is 0. The molecule has 0 fully saturated rings. The summed E-state index contributed by atoms with van der Waals surface area (Å²) in [5, 5.41) is 0. The topological polar surface area (TPSA) is 156 Å². The van der Waals surface area contributed by atoms with E-state index in [4.69, 9.17) is 13.3 Å². The molecule has 0 spiro atoms. The van der Waals surface area contributed by atoms with Gasteiger partial charge in [0, 0.05) is 22.0 Å². The van der Waals surface area contributed by atoms with Crippen LogP contribution in [0.5, 0.6) is 0 Å². The molecule has 6 nitrogen and oxygen atoms in total. The third kappa shape index (κ3) is 455. The van der Waals surface area contributed by atoms with Crippen LogP contribution in [0.2, 0.25) is 0 Å². The Labute approximate surface area is 179 Å². The minimum absolute atomic E-state index is 0. The van der Waals surface area contributed by atoms with Gasteiger partial charge in [-0.1, -0.05) is 7.43 Å². The maximum absolute atomic E-state index is 8.44. The van der Waals surface area contributed by atoms with E-state index in [0.29, 0.717) is 0 Å². The lowest BCUT2D eigenvalue weighted by atomic mass is 12.0. The highest BCUT2D eigenvalue weighted by atomic mass is 127. The Hall–Kier alpha value is 4.59. The van der Waals surface area contributed by atoms with Gasteiger partial charge >= 0.3 is 0 Å². The van der Waals surface area contributed by atoms with E-state index in [1.54, 1.807) is 0 Å². The molecule has 2 unspecified atom stereocenters. The van der Waals surface area contributed by atoms with Gasteiger partial charge in [0.15, 0.2) is 0 Å². The summed E-state index contributed by atoms with van der Waals surface area (Å²) < 4.78 is 25.3. The molecule has 0 rings (SSSR count). The Morgan fingerprint density at radius 3 is 1.26 bits per heavy atom. The first-order valence-electron chi connectivity index (χ1n) is 2.69. The quantitative estimate of drug-likeness (QED) is 0.103. The first-order chi connectivity index (χ1) is 6.97. The molecule has 0 amide bonds. The van der Waals surface area contributed by atoms with Crippen LogP contribution in [0.15, 0.2) is 0 Å². The SMILES string of the molecule is C.CP[IH+].C[P-]I.C[P-][IH+].O=S([O-])[O-].P[IH+].[OH-].[OH-].[OH3+]. The van der Waals surface area contributed by atoms with Gasteiger partial charge in [0.05, 0.1) is 0 Å². The van der Waals surface area contributed by atoms with Crippen molar-refractivity contribution >= 4 is 59.0 Å². The van der Waals surface area contributed by atoms with E-state index in [-0.39, 0.29) is 23.9 Å². The standard InChI is InChI=1S/CH5IP.CH4IP.CH3IP.CH4.H3IP.H2O3S.3H2O/c3*1-3-2;;1-2;1-4(2)3;;;/h2-3H,1H3;2H,1H3;1H3;1H4;1H,2H2;(H2,1,2,3);3*1H2/q+1;;-1;;+1;;;;/p-3. The average Bonchev–Trinajstić information content (AvgIpc) is 2.09. The van der Waals surface area contributed by atoms with Crippen molar-refractivity contribution in [3.8, 4) is 0 Å². The second-order valence-electron chi connectivity index (χ2n) is 0.760. The second kappa shape index (κ2) is 93.9. The Morgan fingerprint density at radius 1 is 1.26 bits per heavy atom. The van der Waals surface area contributed by atoms with E-state index in [1.165, 1.54) is 12.4 Å². The van der Waals surface area contributed by atoms with Crippen LogP contribution < -0.4 is 66.1 Å². The zero-order valence-corrected chi connectivity index (χ0v) is 23.6. The van der Waals surface area contributed by atoms with Gasteiger partial charge in [0.2, 0.25) is 0 Å². The Morgan fingerprint density at radius 2 is 1.26 bits per heavy atom. The summed E-state index contributed by atoms with van der Waals surface area (Å²) in [6, 6.07) is 0. The predicted molar refractivity (Wildman–Crippen MR) is 93.0 cm³/mol. The Bertz CT molecular complexity index is 85.5. The molecule has 15 heteroatoms. The maximum atomic E-state index is 8.44. The molecule has 5 N–H and O–H groups in total. The molecule has 0 aliphatic rings. The maximum Gasteiger partial charge on any atom is 0.267 e. The van der Waals surface area contributed by atoms with Crippen LogP contribution in [-0.4, -0.2) is 44.3 Å². The fourth-order valence-corrected chi connectivity index (χ4v) is 0. The highest BCUT2D eigenvalue weighted by molar-refractivity contribution is 14.2. The van der Waals surface area contributed by atoms with Gasteiger partial charge < -0.3 is 53.8 Å². The van der Waals surface area contributed by atoms with Crippen molar-refractivity contribution in [2.45, 2.75) is 7.43 Å². The lowest BCUT2D eigenvalue weighted by molar-refractivity contribution is -0.149. The van der Waals surface area contributed by atoms with Crippen molar-refractivity contribution in [2.24, 2.45) is 0 Å². The van der Waals surface area contributed by atoms with E-state index in [1.807, 2.05) is 44.1 Å². The van der Waals surface area contributed by atoms with Crippen molar-refractivity contribution in [3.63, 3.8) is 0 Å². The molecule has 19 heavy (non-hydrogen) atoms. The highest BCUT2D eigenvalue weighted by Gasteiger charge is 1.56. The molecule has 0 aromatic rings. The second-order valence-corrected chi connectivity index (χ2v) is 11.8. The third-order valence-electron chi connectivity index (χ3n) is 0. The number of hydrogen-bond donors (Lipinski definition) is 0. The van der Waals surface area contributed by atoms with Gasteiger partial charge in [-0.2, -0.15) is 6.66 Å². The summed E-state index contributed by atoms with van der Waals surface area (Å²) in [6.45, 7) is 8.77. The molecule has 0 aromatic carbocycles. The first-order valence-corrected chi connectivity index (χ1v) is 21.6. The molecular formula is C4H24I4O6P4S-2. The molecule has 0 aliphatic carbocycles. The molecular weight excluding hydrogens is 808 g/mol. The molecule has 0 heterocycles. The number of hydrogen-bond acceptors (Lipinski definition) is 5. The molecule has 0 radical (unpaired) electrons. The zero-order valence-electron chi connectivity index (χ0n) is 9.68. The predicted octanol–water partition coefficient (Wildman–Crippen LogP) is -7.41. The van der Waals surface area contributed by atoms with E-state index in [0.717, 1.165) is 6.22 Å². The van der Waals surface area contributed by atoms with Crippen LogP contribution in [0.1, 0.15) is 7.43 Å². The summed E-state index contributed by atoms with van der Waals surface area (Å²) in [5.41, 5.74) is 0. The normalized spacial score (nSPS) is 6.89. The molecule has 0 saturated heterocycles. The van der Waals surface area contributed by atoms with Crippen LogP contribution in [-0.2, 0) is 16.8 Å². The largest absolute Gasteiger partial charge is 0.870 e. The average molecular weight is 832 g/mol. The van der Waals surface area contributed by atoms with Crippen LogP contribution in [0, 0.1) is 0 Å². The van der Waals surface area contributed by atoms with E-state index < -0.39 is 11.4 Å². The summed E-state index contributed by atoms with van der Waals surface area (Å²) >= 11 is 5.16. The highest BCUT2D eigenvalue weighted by Crippen LogP contribution is 2.11. The van der Waals surface area contributed by atoms with Crippen molar-refractivity contribution in [3.05, 3.63) is 0 Å². The van der Waals surface area contributed by atoms with Crippen molar-refractivity contribution < 1.29 is 95.9 Å². The first kappa shape index (κ1) is 56.6. The van der Waals surface area contributed by atoms with Gasteiger partial charge in [-0.3, -0.25) is 4.21 Å². The van der Waals surface area contributed by atoms with Gasteiger partial charge in [-0.15, -0.1) is 18.0 Å². The summed E-state index contributed by atoms with van der Waals surface area (Å²) in [7, 11) is 0. The van der Waals surface area contributed by atoms with Crippen molar-refractivity contribution in [1.82, 2.24) is 0 Å². The Kier molecular flexibility index (Phi) is 279. The molecule has 0 saturated carbocycles. The monoisotopic (exact) mass is 832 g/mol. The number of rotatable bonds is 0. The third-order valence-corrected chi connectivity index (χ3v) is 0. The minimum atomic E-state index is -3.11. The van der Waals surface area contributed by atoms with Gasteiger partial charge in [-0.05, 0) is 6.66 Å².